The van der Waals surface area contributed by atoms with E-state index in [1.54, 1.807) is 18.7 Å². The van der Waals surface area contributed by atoms with Crippen molar-refractivity contribution in [2.24, 2.45) is 0 Å². The van der Waals surface area contributed by atoms with Crippen LogP contribution in [0, 0.1) is 13.8 Å². The zero-order valence-corrected chi connectivity index (χ0v) is 13.8. The fourth-order valence-electron chi connectivity index (χ4n) is 2.94. The molecular formula is C15H17F3N4O3. The third-order valence-electron chi connectivity index (χ3n) is 4.32. The van der Waals surface area contributed by atoms with Gasteiger partial charge in [-0.15, -0.1) is 10.2 Å². The van der Waals surface area contributed by atoms with Crippen LogP contribution in [0.1, 0.15) is 47.6 Å². The molecule has 1 fully saturated rings. The highest BCUT2D eigenvalue weighted by atomic mass is 19.4. The molecule has 3 rings (SSSR count). The predicted molar refractivity (Wildman–Crippen MR) is 77.5 cm³/mol. The van der Waals surface area contributed by atoms with Crippen LogP contribution in [0.5, 0.6) is 0 Å². The average molecular weight is 358 g/mol. The second-order valence-electron chi connectivity index (χ2n) is 6.10. The number of rotatable bonds is 3. The van der Waals surface area contributed by atoms with Gasteiger partial charge in [0.25, 0.3) is 0 Å². The van der Waals surface area contributed by atoms with Crippen LogP contribution in [0.3, 0.4) is 0 Å². The first-order valence-corrected chi connectivity index (χ1v) is 7.86. The van der Waals surface area contributed by atoms with Crippen molar-refractivity contribution in [3.63, 3.8) is 0 Å². The quantitative estimate of drug-likeness (QED) is 0.839. The molecule has 3 heterocycles. The summed E-state index contributed by atoms with van der Waals surface area (Å²) < 4.78 is 47.6. The van der Waals surface area contributed by atoms with Gasteiger partial charge in [-0.25, -0.2) is 0 Å². The van der Waals surface area contributed by atoms with Crippen molar-refractivity contribution in [1.29, 1.82) is 0 Å². The van der Waals surface area contributed by atoms with Crippen molar-refractivity contribution in [3.8, 4) is 0 Å². The summed E-state index contributed by atoms with van der Waals surface area (Å²) in [5, 5.41) is 10.4. The second kappa shape index (κ2) is 6.49. The number of likely N-dealkylation sites (tertiary alicyclic amines) is 1. The summed E-state index contributed by atoms with van der Waals surface area (Å²) in [5.74, 6) is -1.38. The molecule has 0 saturated carbocycles. The Balaban J connectivity index is 1.68. The molecule has 10 heteroatoms. The van der Waals surface area contributed by atoms with Crippen molar-refractivity contribution in [2.45, 2.75) is 45.2 Å². The van der Waals surface area contributed by atoms with Crippen LogP contribution >= 0.6 is 0 Å². The zero-order chi connectivity index (χ0) is 18.2. The summed E-state index contributed by atoms with van der Waals surface area (Å²) >= 11 is 0. The van der Waals surface area contributed by atoms with Gasteiger partial charge < -0.3 is 13.8 Å². The van der Waals surface area contributed by atoms with E-state index in [-0.39, 0.29) is 24.8 Å². The summed E-state index contributed by atoms with van der Waals surface area (Å²) in [6.45, 7) is 4.29. The van der Waals surface area contributed by atoms with E-state index in [4.69, 9.17) is 8.94 Å². The minimum absolute atomic E-state index is 0.0813. The number of piperidine rings is 1. The Morgan fingerprint density at radius 2 is 2.08 bits per heavy atom. The molecule has 0 bridgehead atoms. The van der Waals surface area contributed by atoms with Gasteiger partial charge in [-0.05, 0) is 26.7 Å². The molecule has 1 aliphatic heterocycles. The number of carbonyl (C=O) groups is 1. The Labute approximate surface area is 141 Å². The van der Waals surface area contributed by atoms with E-state index in [2.05, 4.69) is 15.4 Å². The lowest BCUT2D eigenvalue weighted by Crippen LogP contribution is -2.40. The van der Waals surface area contributed by atoms with Crippen LogP contribution in [0.25, 0.3) is 0 Å². The maximum atomic E-state index is 12.6. The maximum absolute atomic E-state index is 12.6. The Hall–Kier alpha value is -2.39. The summed E-state index contributed by atoms with van der Waals surface area (Å²) in [6.07, 6.45) is -3.28. The highest BCUT2D eigenvalue weighted by molar-refractivity contribution is 5.79. The first kappa shape index (κ1) is 17.4. The molecule has 1 amide bonds. The summed E-state index contributed by atoms with van der Waals surface area (Å²) in [5.41, 5.74) is 1.40. The Bertz CT molecular complexity index is 749. The summed E-state index contributed by atoms with van der Waals surface area (Å²) in [4.78, 5) is 14.1. The van der Waals surface area contributed by atoms with E-state index in [0.29, 0.717) is 30.8 Å². The number of aryl methyl sites for hydroxylation is 2. The van der Waals surface area contributed by atoms with Crippen molar-refractivity contribution in [3.05, 3.63) is 28.8 Å². The van der Waals surface area contributed by atoms with Gasteiger partial charge in [0, 0.05) is 18.7 Å². The van der Waals surface area contributed by atoms with Gasteiger partial charge in [0.1, 0.15) is 5.76 Å². The second-order valence-corrected chi connectivity index (χ2v) is 6.10. The van der Waals surface area contributed by atoms with E-state index in [0.717, 1.165) is 5.56 Å². The Kier molecular flexibility index (Phi) is 4.53. The van der Waals surface area contributed by atoms with E-state index in [9.17, 15) is 18.0 Å². The average Bonchev–Trinajstić information content (AvgIpc) is 3.17. The molecule has 136 valence electrons. The first-order chi connectivity index (χ1) is 11.8. The minimum Gasteiger partial charge on any atom is -0.417 e. The molecule has 0 N–H and O–H groups in total. The lowest BCUT2D eigenvalue weighted by Gasteiger charge is -2.31. The third kappa shape index (κ3) is 3.67. The van der Waals surface area contributed by atoms with Gasteiger partial charge in [-0.3, -0.25) is 4.79 Å². The SMILES string of the molecule is Cc1noc(C)c1CC(=O)N1CCCC(c2nnc(C(F)(F)F)o2)C1. The molecule has 0 radical (unpaired) electrons. The molecule has 2 aromatic rings. The largest absolute Gasteiger partial charge is 0.470 e. The minimum atomic E-state index is -4.67. The number of aromatic nitrogens is 3. The monoisotopic (exact) mass is 358 g/mol. The molecule has 1 saturated heterocycles. The van der Waals surface area contributed by atoms with Crippen LogP contribution in [-0.4, -0.2) is 39.3 Å². The van der Waals surface area contributed by atoms with E-state index < -0.39 is 18.0 Å². The van der Waals surface area contributed by atoms with Crippen molar-refractivity contribution < 1.29 is 26.9 Å². The lowest BCUT2D eigenvalue weighted by molar-refractivity contribution is -0.157. The predicted octanol–water partition coefficient (Wildman–Crippen LogP) is 2.64. The number of hydrogen-bond acceptors (Lipinski definition) is 6. The zero-order valence-electron chi connectivity index (χ0n) is 13.8. The number of nitrogens with zero attached hydrogens (tertiary/aromatic N) is 4. The van der Waals surface area contributed by atoms with Crippen LogP contribution in [0.2, 0.25) is 0 Å². The van der Waals surface area contributed by atoms with Gasteiger partial charge in [-0.2, -0.15) is 13.2 Å². The molecule has 0 aromatic carbocycles. The normalized spacial score (nSPS) is 18.6. The van der Waals surface area contributed by atoms with Crippen LogP contribution in [-0.2, 0) is 17.4 Å². The van der Waals surface area contributed by atoms with Gasteiger partial charge >= 0.3 is 12.1 Å². The maximum Gasteiger partial charge on any atom is 0.470 e. The molecule has 1 aliphatic rings. The Morgan fingerprint density at radius 1 is 1.32 bits per heavy atom. The van der Waals surface area contributed by atoms with Gasteiger partial charge in [0.2, 0.25) is 11.8 Å². The molecule has 1 atom stereocenters. The molecule has 7 nitrogen and oxygen atoms in total. The molecule has 2 aromatic heterocycles. The third-order valence-corrected chi connectivity index (χ3v) is 4.32. The Morgan fingerprint density at radius 3 is 2.68 bits per heavy atom. The molecule has 0 aliphatic carbocycles. The van der Waals surface area contributed by atoms with Crippen molar-refractivity contribution in [2.75, 3.05) is 13.1 Å². The van der Waals surface area contributed by atoms with Crippen molar-refractivity contribution in [1.82, 2.24) is 20.3 Å². The standard InChI is InChI=1S/C15H17F3N4O3/c1-8-11(9(2)25-21-8)6-12(23)22-5-3-4-10(7-22)13-19-20-14(24-13)15(16,17)18/h10H,3-7H2,1-2H3. The summed E-state index contributed by atoms with van der Waals surface area (Å²) in [6, 6.07) is 0. The smallest absolute Gasteiger partial charge is 0.417 e. The number of amides is 1. The van der Waals surface area contributed by atoms with E-state index >= 15 is 0 Å². The van der Waals surface area contributed by atoms with Gasteiger partial charge in [-0.1, -0.05) is 5.16 Å². The fourth-order valence-corrected chi connectivity index (χ4v) is 2.94. The highest BCUT2D eigenvalue weighted by Gasteiger charge is 2.39. The van der Waals surface area contributed by atoms with Crippen LogP contribution in [0.4, 0.5) is 13.2 Å². The highest BCUT2D eigenvalue weighted by Crippen LogP contribution is 2.32. The molecular weight excluding hydrogens is 341 g/mol. The van der Waals surface area contributed by atoms with Crippen LogP contribution < -0.4 is 0 Å². The van der Waals surface area contributed by atoms with Crippen LogP contribution in [0.15, 0.2) is 8.94 Å². The molecule has 25 heavy (non-hydrogen) atoms. The van der Waals surface area contributed by atoms with Gasteiger partial charge in [0.15, 0.2) is 0 Å². The van der Waals surface area contributed by atoms with Crippen molar-refractivity contribution >= 4 is 5.91 Å². The van der Waals surface area contributed by atoms with E-state index in [1.165, 1.54) is 0 Å². The molecule has 1 unspecified atom stereocenters. The number of carbonyl (C=O) groups excluding carboxylic acids is 1. The lowest BCUT2D eigenvalue weighted by atomic mass is 9.97. The number of halogens is 3. The number of alkyl halides is 3. The number of hydrogen-bond donors (Lipinski definition) is 0. The topological polar surface area (TPSA) is 85.3 Å². The summed E-state index contributed by atoms with van der Waals surface area (Å²) in [7, 11) is 0. The molecule has 0 spiro atoms. The van der Waals surface area contributed by atoms with E-state index in [1.807, 2.05) is 0 Å². The first-order valence-electron chi connectivity index (χ1n) is 7.86. The fraction of sp³-hybridized carbons (Fsp3) is 0.600. The van der Waals surface area contributed by atoms with Gasteiger partial charge in [0.05, 0.1) is 18.0 Å².